The molecule has 10 heteroatoms. The van der Waals surface area contributed by atoms with Crippen LogP contribution in [0.4, 0.5) is 0 Å². The van der Waals surface area contributed by atoms with Crippen LogP contribution < -0.4 is 16.6 Å². The molecule has 0 aromatic carbocycles. The molecule has 0 saturated heterocycles. The van der Waals surface area contributed by atoms with Gasteiger partial charge in [0.15, 0.2) is 5.82 Å². The Morgan fingerprint density at radius 3 is 2.73 bits per heavy atom. The molecule has 26 heavy (non-hydrogen) atoms. The normalized spacial score (nSPS) is 10.6. The summed E-state index contributed by atoms with van der Waals surface area (Å²) in [7, 11) is 0. The number of aromatic amines is 1. The third-order valence-corrected chi connectivity index (χ3v) is 3.66. The average Bonchev–Trinajstić information content (AvgIpc) is 3.10. The summed E-state index contributed by atoms with van der Waals surface area (Å²) in [6.45, 7) is 1.12. The predicted octanol–water partition coefficient (Wildman–Crippen LogP) is -0.603. The first kappa shape index (κ1) is 17.3. The van der Waals surface area contributed by atoms with Crippen LogP contribution in [0, 0.1) is 0 Å². The number of nitrogens with zero attached hydrogens (tertiary/aromatic N) is 5. The summed E-state index contributed by atoms with van der Waals surface area (Å²) >= 11 is 0. The molecule has 0 atom stereocenters. The number of H-pyrrole nitrogens is 1. The number of imidazole rings is 1. The van der Waals surface area contributed by atoms with Crippen LogP contribution in [0.5, 0.6) is 0 Å². The first-order chi connectivity index (χ1) is 12.6. The lowest BCUT2D eigenvalue weighted by molar-refractivity contribution is -0.121. The molecule has 0 spiro atoms. The van der Waals surface area contributed by atoms with Crippen molar-refractivity contribution in [1.82, 2.24) is 34.4 Å². The number of hydrogen-bond donors (Lipinski definition) is 2. The molecular formula is C16H17N7O3. The molecule has 2 N–H and O–H groups in total. The fourth-order valence-electron chi connectivity index (χ4n) is 2.38. The number of aryl methyl sites for hydroxylation is 1. The van der Waals surface area contributed by atoms with E-state index in [1.807, 2.05) is 4.57 Å². The van der Waals surface area contributed by atoms with Crippen molar-refractivity contribution >= 4 is 5.91 Å². The van der Waals surface area contributed by atoms with Gasteiger partial charge in [-0.15, -0.1) is 0 Å². The largest absolute Gasteiger partial charge is 0.354 e. The summed E-state index contributed by atoms with van der Waals surface area (Å²) in [5, 5.41) is 2.79. The Hall–Kier alpha value is -3.56. The van der Waals surface area contributed by atoms with Crippen LogP contribution in [0.25, 0.3) is 11.5 Å². The minimum Gasteiger partial charge on any atom is -0.354 e. The number of nitrogens with one attached hydrogen (secondary N) is 2. The third-order valence-electron chi connectivity index (χ3n) is 3.66. The van der Waals surface area contributed by atoms with Crippen LogP contribution in [-0.2, 0) is 17.9 Å². The maximum atomic E-state index is 11.9. The van der Waals surface area contributed by atoms with Crippen molar-refractivity contribution < 1.29 is 4.79 Å². The number of rotatable bonds is 7. The standard InChI is InChI=1S/C16H17N7O3/c24-13(1-7-23-8-2-14(25)21-16(23)26)19-5-9-22-10-6-20-15(22)12-11-17-3-4-18-12/h2-4,6,8,10-11H,1,5,7,9H2,(H,19,24)(H,21,25,26). The zero-order valence-electron chi connectivity index (χ0n) is 13.8. The maximum Gasteiger partial charge on any atom is 0.328 e. The second-order valence-electron chi connectivity index (χ2n) is 5.44. The minimum absolute atomic E-state index is 0.132. The smallest absolute Gasteiger partial charge is 0.328 e. The summed E-state index contributed by atoms with van der Waals surface area (Å²) in [4.78, 5) is 49.1. The van der Waals surface area contributed by atoms with Crippen molar-refractivity contribution in [3.05, 3.63) is 64.1 Å². The molecule has 0 aliphatic carbocycles. The van der Waals surface area contributed by atoms with Crippen molar-refractivity contribution in [2.75, 3.05) is 6.54 Å². The molecule has 3 heterocycles. The van der Waals surface area contributed by atoms with Gasteiger partial charge >= 0.3 is 5.69 Å². The Bertz CT molecular complexity index is 991. The van der Waals surface area contributed by atoms with E-state index in [0.717, 1.165) is 0 Å². The van der Waals surface area contributed by atoms with E-state index < -0.39 is 11.2 Å². The number of carbonyl (C=O) groups excluding carboxylic acids is 1. The highest BCUT2D eigenvalue weighted by molar-refractivity contribution is 5.75. The molecule has 0 unspecified atom stereocenters. The van der Waals surface area contributed by atoms with Crippen LogP contribution in [0.15, 0.2) is 52.8 Å². The van der Waals surface area contributed by atoms with E-state index in [9.17, 15) is 14.4 Å². The Kier molecular flexibility index (Phi) is 5.32. The molecule has 0 aliphatic heterocycles. The van der Waals surface area contributed by atoms with Crippen LogP contribution >= 0.6 is 0 Å². The van der Waals surface area contributed by atoms with Gasteiger partial charge in [0.1, 0.15) is 5.69 Å². The lowest BCUT2D eigenvalue weighted by Gasteiger charge is -2.09. The molecule has 3 aromatic heterocycles. The highest BCUT2D eigenvalue weighted by Gasteiger charge is 2.08. The molecule has 134 valence electrons. The third kappa shape index (κ3) is 4.29. The summed E-state index contributed by atoms with van der Waals surface area (Å²) in [5.74, 6) is 0.483. The highest BCUT2D eigenvalue weighted by atomic mass is 16.2. The molecule has 0 aliphatic rings. The fraction of sp³-hybridized carbons (Fsp3) is 0.250. The highest BCUT2D eigenvalue weighted by Crippen LogP contribution is 2.12. The molecule has 0 bridgehead atoms. The van der Waals surface area contributed by atoms with Crippen LogP contribution in [0.3, 0.4) is 0 Å². The molecule has 3 rings (SSSR count). The first-order valence-corrected chi connectivity index (χ1v) is 7.97. The van der Waals surface area contributed by atoms with E-state index in [1.165, 1.54) is 16.8 Å². The Labute approximate surface area is 147 Å². The zero-order valence-corrected chi connectivity index (χ0v) is 13.8. The Balaban J connectivity index is 1.50. The summed E-state index contributed by atoms with van der Waals surface area (Å²) < 4.78 is 3.15. The lowest BCUT2D eigenvalue weighted by Crippen LogP contribution is -2.32. The van der Waals surface area contributed by atoms with E-state index in [4.69, 9.17) is 0 Å². The van der Waals surface area contributed by atoms with Gasteiger partial charge in [-0.2, -0.15) is 0 Å². The second kappa shape index (κ2) is 8.01. The van der Waals surface area contributed by atoms with Crippen molar-refractivity contribution in [2.24, 2.45) is 0 Å². The van der Waals surface area contributed by atoms with Gasteiger partial charge < -0.3 is 14.5 Å². The van der Waals surface area contributed by atoms with E-state index in [0.29, 0.717) is 24.6 Å². The van der Waals surface area contributed by atoms with E-state index in [-0.39, 0.29) is 18.9 Å². The topological polar surface area (TPSA) is 128 Å². The van der Waals surface area contributed by atoms with Gasteiger partial charge in [0.25, 0.3) is 5.56 Å². The van der Waals surface area contributed by atoms with Crippen molar-refractivity contribution in [2.45, 2.75) is 19.5 Å². The molecule has 0 radical (unpaired) electrons. The van der Waals surface area contributed by atoms with Crippen LogP contribution in [0.2, 0.25) is 0 Å². The second-order valence-corrected chi connectivity index (χ2v) is 5.44. The zero-order chi connectivity index (χ0) is 18.4. The summed E-state index contributed by atoms with van der Waals surface area (Å²) in [6.07, 6.45) is 9.77. The Morgan fingerprint density at radius 2 is 1.96 bits per heavy atom. The minimum atomic E-state index is -0.530. The molecule has 0 saturated carbocycles. The van der Waals surface area contributed by atoms with E-state index in [1.54, 1.807) is 31.0 Å². The first-order valence-electron chi connectivity index (χ1n) is 7.97. The summed E-state index contributed by atoms with van der Waals surface area (Å²) in [5.41, 5.74) is -0.339. The van der Waals surface area contributed by atoms with Crippen LogP contribution in [0.1, 0.15) is 6.42 Å². The SMILES string of the molecule is O=C(CCn1ccc(=O)[nH]c1=O)NCCn1ccnc1-c1cnccn1. The quantitative estimate of drug-likeness (QED) is 0.582. The number of aromatic nitrogens is 6. The lowest BCUT2D eigenvalue weighted by atomic mass is 10.3. The van der Waals surface area contributed by atoms with Gasteiger partial charge in [-0.05, 0) is 0 Å². The molecule has 0 fully saturated rings. The van der Waals surface area contributed by atoms with Gasteiger partial charge in [0, 0.05) is 63.1 Å². The van der Waals surface area contributed by atoms with Gasteiger partial charge in [-0.1, -0.05) is 0 Å². The molecule has 3 aromatic rings. The van der Waals surface area contributed by atoms with E-state index >= 15 is 0 Å². The van der Waals surface area contributed by atoms with E-state index in [2.05, 4.69) is 25.3 Å². The van der Waals surface area contributed by atoms with Gasteiger partial charge in [-0.3, -0.25) is 19.6 Å². The number of hydrogen-bond acceptors (Lipinski definition) is 6. The van der Waals surface area contributed by atoms with Crippen molar-refractivity contribution in [3.8, 4) is 11.5 Å². The molecule has 1 amide bonds. The summed E-state index contributed by atoms with van der Waals surface area (Å²) in [6, 6.07) is 1.24. The van der Waals surface area contributed by atoms with Crippen molar-refractivity contribution in [1.29, 1.82) is 0 Å². The van der Waals surface area contributed by atoms with Gasteiger partial charge in [0.2, 0.25) is 5.91 Å². The fourth-order valence-corrected chi connectivity index (χ4v) is 2.38. The average molecular weight is 355 g/mol. The van der Waals surface area contributed by atoms with Gasteiger partial charge in [-0.25, -0.2) is 14.8 Å². The monoisotopic (exact) mass is 355 g/mol. The number of amides is 1. The molecule has 10 nitrogen and oxygen atoms in total. The maximum absolute atomic E-state index is 11.9. The number of carbonyl (C=O) groups is 1. The van der Waals surface area contributed by atoms with Crippen molar-refractivity contribution in [3.63, 3.8) is 0 Å². The van der Waals surface area contributed by atoms with Gasteiger partial charge in [0.05, 0.1) is 6.20 Å². The van der Waals surface area contributed by atoms with Crippen LogP contribution in [-0.4, -0.2) is 41.5 Å². The molecular weight excluding hydrogens is 338 g/mol. The Morgan fingerprint density at radius 1 is 1.08 bits per heavy atom. The predicted molar refractivity (Wildman–Crippen MR) is 92.2 cm³/mol.